The van der Waals surface area contributed by atoms with Gasteiger partial charge >= 0.3 is 0 Å². The first-order valence-corrected chi connectivity index (χ1v) is 6.04. The average Bonchev–Trinajstić information content (AvgIpc) is 2.42. The van der Waals surface area contributed by atoms with E-state index >= 15 is 0 Å². The van der Waals surface area contributed by atoms with Gasteiger partial charge < -0.3 is 0 Å². The molecule has 2 bridgehead atoms. The van der Waals surface area contributed by atoms with Crippen LogP contribution < -0.4 is 0 Å². The number of fused-ring (bicyclic) bond motifs is 2. The number of hydrogen-bond donors (Lipinski definition) is 1. The zero-order valence-corrected chi connectivity index (χ0v) is 8.05. The predicted molar refractivity (Wildman–Crippen MR) is 45.8 cm³/mol. The SMILES string of the molecule is O=S(=O)(O)C1C2CCC(C2)C1Cl. The van der Waals surface area contributed by atoms with Crippen LogP contribution in [0.25, 0.3) is 0 Å². The number of rotatable bonds is 1. The predicted octanol–water partition coefficient (Wildman–Crippen LogP) is 1.28. The van der Waals surface area contributed by atoms with Crippen LogP contribution in [0.4, 0.5) is 0 Å². The summed E-state index contributed by atoms with van der Waals surface area (Å²) >= 11 is 5.92. The van der Waals surface area contributed by atoms with Crippen molar-refractivity contribution < 1.29 is 13.0 Å². The molecule has 5 heteroatoms. The molecule has 0 aromatic heterocycles. The van der Waals surface area contributed by atoms with Crippen molar-refractivity contribution in [1.29, 1.82) is 0 Å². The third-order valence-corrected chi connectivity index (χ3v) is 5.23. The second-order valence-electron chi connectivity index (χ2n) is 3.76. The van der Waals surface area contributed by atoms with Crippen molar-refractivity contribution in [2.24, 2.45) is 11.8 Å². The van der Waals surface area contributed by atoms with Crippen molar-refractivity contribution in [2.75, 3.05) is 0 Å². The van der Waals surface area contributed by atoms with Gasteiger partial charge in [0.25, 0.3) is 10.1 Å². The van der Waals surface area contributed by atoms with Gasteiger partial charge in [0, 0.05) is 0 Å². The number of alkyl halides is 1. The second kappa shape index (κ2) is 2.59. The molecule has 70 valence electrons. The largest absolute Gasteiger partial charge is 0.285 e. The molecule has 0 aromatic carbocycles. The highest BCUT2D eigenvalue weighted by Crippen LogP contribution is 2.49. The van der Waals surface area contributed by atoms with Gasteiger partial charge in [-0.05, 0) is 31.1 Å². The molecule has 12 heavy (non-hydrogen) atoms. The minimum absolute atomic E-state index is 0.104. The lowest BCUT2D eigenvalue weighted by Crippen LogP contribution is -2.35. The Kier molecular flexibility index (Phi) is 1.90. The van der Waals surface area contributed by atoms with Crippen LogP contribution in [0, 0.1) is 11.8 Å². The van der Waals surface area contributed by atoms with Crippen molar-refractivity contribution >= 4 is 21.7 Å². The molecule has 0 saturated heterocycles. The van der Waals surface area contributed by atoms with Crippen LogP contribution in [-0.4, -0.2) is 23.6 Å². The Morgan fingerprint density at radius 2 is 1.83 bits per heavy atom. The van der Waals surface area contributed by atoms with E-state index in [1.807, 2.05) is 0 Å². The molecule has 2 aliphatic rings. The number of hydrogen-bond acceptors (Lipinski definition) is 2. The smallest absolute Gasteiger partial charge is 0.269 e. The summed E-state index contributed by atoms with van der Waals surface area (Å²) in [7, 11) is -3.91. The third kappa shape index (κ3) is 1.17. The summed E-state index contributed by atoms with van der Waals surface area (Å²) in [5.74, 6) is 0.413. The Labute approximate surface area is 76.8 Å². The molecular weight excluding hydrogens is 200 g/mol. The van der Waals surface area contributed by atoms with Crippen molar-refractivity contribution in [3.63, 3.8) is 0 Å². The monoisotopic (exact) mass is 210 g/mol. The van der Waals surface area contributed by atoms with Gasteiger partial charge in [0.15, 0.2) is 0 Å². The molecule has 2 fully saturated rings. The zero-order chi connectivity index (χ0) is 8.93. The van der Waals surface area contributed by atoms with Crippen molar-refractivity contribution in [2.45, 2.75) is 29.9 Å². The Hall–Kier alpha value is 0.200. The lowest BCUT2D eigenvalue weighted by Gasteiger charge is -2.23. The maximum atomic E-state index is 10.9. The van der Waals surface area contributed by atoms with Gasteiger partial charge in [-0.15, -0.1) is 11.6 Å². The normalized spacial score (nSPS) is 46.8. The molecule has 1 N–H and O–H groups in total. The van der Waals surface area contributed by atoms with Gasteiger partial charge in [-0.2, -0.15) is 8.42 Å². The van der Waals surface area contributed by atoms with E-state index in [1.54, 1.807) is 0 Å². The maximum absolute atomic E-state index is 10.9. The van der Waals surface area contributed by atoms with Crippen LogP contribution in [0.3, 0.4) is 0 Å². The molecule has 0 aromatic rings. The van der Waals surface area contributed by atoms with E-state index in [1.165, 1.54) is 0 Å². The van der Waals surface area contributed by atoms with Gasteiger partial charge in [0.2, 0.25) is 0 Å². The molecule has 2 saturated carbocycles. The minimum Gasteiger partial charge on any atom is -0.285 e. The lowest BCUT2D eigenvalue weighted by atomic mass is 10.00. The Bertz CT molecular complexity index is 285. The van der Waals surface area contributed by atoms with Gasteiger partial charge in [0.05, 0.1) is 5.38 Å². The highest BCUT2D eigenvalue weighted by molar-refractivity contribution is 7.86. The number of halogens is 1. The van der Waals surface area contributed by atoms with Crippen LogP contribution in [0.15, 0.2) is 0 Å². The van der Waals surface area contributed by atoms with Gasteiger partial charge in [-0.3, -0.25) is 4.55 Å². The Morgan fingerprint density at radius 3 is 2.17 bits per heavy atom. The standard InChI is InChI=1S/C7H11ClO3S/c8-6-4-1-2-5(3-4)7(6)12(9,10)11/h4-7H,1-3H2,(H,9,10,11). The van der Waals surface area contributed by atoms with E-state index in [4.69, 9.17) is 16.2 Å². The molecule has 0 radical (unpaired) electrons. The highest BCUT2D eigenvalue weighted by Gasteiger charge is 2.52. The first kappa shape index (κ1) is 8.78. The summed E-state index contributed by atoms with van der Waals surface area (Å²) in [4.78, 5) is 0. The van der Waals surface area contributed by atoms with E-state index in [2.05, 4.69) is 0 Å². The summed E-state index contributed by atoms with van der Waals surface area (Å²) in [5.41, 5.74) is 0. The molecule has 4 atom stereocenters. The van der Waals surface area contributed by atoms with Crippen LogP contribution in [-0.2, 0) is 10.1 Å². The maximum Gasteiger partial charge on any atom is 0.269 e. The van der Waals surface area contributed by atoms with Crippen molar-refractivity contribution in [3.05, 3.63) is 0 Å². The van der Waals surface area contributed by atoms with Crippen molar-refractivity contribution in [1.82, 2.24) is 0 Å². The molecule has 0 amide bonds. The van der Waals surface area contributed by atoms with Gasteiger partial charge in [-0.25, -0.2) is 0 Å². The zero-order valence-electron chi connectivity index (χ0n) is 6.48. The summed E-state index contributed by atoms with van der Waals surface area (Å²) in [6.07, 6.45) is 2.79. The first-order chi connectivity index (χ1) is 5.50. The molecule has 2 rings (SSSR count). The van der Waals surface area contributed by atoms with Crippen molar-refractivity contribution in [3.8, 4) is 0 Å². The fourth-order valence-electron chi connectivity index (χ4n) is 2.58. The molecule has 2 aliphatic carbocycles. The van der Waals surface area contributed by atoms with E-state index in [0.29, 0.717) is 5.92 Å². The summed E-state index contributed by atoms with van der Waals surface area (Å²) in [6.45, 7) is 0. The molecule has 0 spiro atoms. The molecule has 3 nitrogen and oxygen atoms in total. The lowest BCUT2D eigenvalue weighted by molar-refractivity contribution is 0.417. The van der Waals surface area contributed by atoms with E-state index in [0.717, 1.165) is 19.3 Å². The van der Waals surface area contributed by atoms with Gasteiger partial charge in [0.1, 0.15) is 5.25 Å². The molecule has 0 heterocycles. The minimum atomic E-state index is -3.91. The third-order valence-electron chi connectivity index (χ3n) is 3.09. The molecule has 4 unspecified atom stereocenters. The van der Waals surface area contributed by atoms with Gasteiger partial charge in [-0.1, -0.05) is 0 Å². The van der Waals surface area contributed by atoms with E-state index in [9.17, 15) is 8.42 Å². The van der Waals surface area contributed by atoms with Crippen LogP contribution in [0.1, 0.15) is 19.3 Å². The summed E-state index contributed by atoms with van der Waals surface area (Å²) < 4.78 is 30.7. The second-order valence-corrected chi connectivity index (χ2v) is 5.84. The summed E-state index contributed by atoms with van der Waals surface area (Å²) in [6, 6.07) is 0. The van der Waals surface area contributed by atoms with E-state index in [-0.39, 0.29) is 11.3 Å². The Balaban J connectivity index is 2.29. The fraction of sp³-hybridized carbons (Fsp3) is 1.00. The first-order valence-electron chi connectivity index (χ1n) is 4.10. The Morgan fingerprint density at radius 1 is 1.25 bits per heavy atom. The van der Waals surface area contributed by atoms with Crippen LogP contribution >= 0.6 is 11.6 Å². The highest BCUT2D eigenvalue weighted by atomic mass is 35.5. The quantitative estimate of drug-likeness (QED) is 0.524. The molecular formula is C7H11ClO3S. The molecule has 0 aliphatic heterocycles. The summed E-state index contributed by atoms with van der Waals surface area (Å²) in [5, 5.41) is -1.06. The van der Waals surface area contributed by atoms with Crippen LogP contribution in [0.2, 0.25) is 0 Å². The average molecular weight is 211 g/mol. The fourth-order valence-corrected chi connectivity index (χ4v) is 4.69. The van der Waals surface area contributed by atoms with Crippen LogP contribution in [0.5, 0.6) is 0 Å². The van der Waals surface area contributed by atoms with E-state index < -0.39 is 15.4 Å². The topological polar surface area (TPSA) is 54.4 Å².